The van der Waals surface area contributed by atoms with Crippen LogP contribution in [0.4, 0.5) is 0 Å². The maximum absolute atomic E-state index is 13.2. The molecule has 1 heterocycles. The van der Waals surface area contributed by atoms with E-state index < -0.39 is 12.6 Å². The van der Waals surface area contributed by atoms with E-state index in [4.69, 9.17) is 21.4 Å². The molecule has 1 atom stereocenters. The minimum atomic E-state index is -1.11. The summed E-state index contributed by atoms with van der Waals surface area (Å²) in [5, 5.41) is 13.9. The molecule has 0 radical (unpaired) electrons. The zero-order valence-corrected chi connectivity index (χ0v) is 20.5. The van der Waals surface area contributed by atoms with Crippen LogP contribution in [0.15, 0.2) is 49.2 Å². The van der Waals surface area contributed by atoms with Crippen LogP contribution in [-0.2, 0) is 4.79 Å². The fraction of sp³-hybridized carbons (Fsp3) is 0.238. The summed E-state index contributed by atoms with van der Waals surface area (Å²) < 4.78 is 7.75. The van der Waals surface area contributed by atoms with Crippen LogP contribution in [-0.4, -0.2) is 33.6 Å². The van der Waals surface area contributed by atoms with Crippen LogP contribution in [0.5, 0.6) is 5.75 Å². The van der Waals surface area contributed by atoms with Gasteiger partial charge in [0.05, 0.1) is 26.6 Å². The molecule has 3 rings (SSSR count). The Balaban J connectivity index is 2.07. The number of carboxylic acid groups (broad SMARTS) is 1. The summed E-state index contributed by atoms with van der Waals surface area (Å²) in [5.41, 5.74) is 0.931. The number of fused-ring (bicyclic) bond motifs is 1. The van der Waals surface area contributed by atoms with Crippen molar-refractivity contribution in [3.05, 3.63) is 66.0 Å². The Kier molecular flexibility index (Phi) is 7.51. The van der Waals surface area contributed by atoms with Gasteiger partial charge in [0.25, 0.3) is 5.56 Å². The van der Waals surface area contributed by atoms with E-state index in [0.29, 0.717) is 26.8 Å². The molecule has 31 heavy (non-hydrogen) atoms. The number of aromatic nitrogens is 2. The van der Waals surface area contributed by atoms with Crippen molar-refractivity contribution in [3.63, 3.8) is 0 Å². The first-order valence-electron chi connectivity index (χ1n) is 9.31. The molecule has 0 aliphatic heterocycles. The highest BCUT2D eigenvalue weighted by atomic mass is 79.9. The smallest absolute Gasteiger partial charge is 0.341 e. The molecule has 0 bridgehead atoms. The van der Waals surface area contributed by atoms with Crippen molar-refractivity contribution in [1.29, 1.82) is 0 Å². The molecule has 0 unspecified atom stereocenters. The molecule has 0 aliphatic carbocycles. The van der Waals surface area contributed by atoms with E-state index >= 15 is 0 Å². The fourth-order valence-electron chi connectivity index (χ4n) is 2.83. The minimum Gasteiger partial charge on any atom is -0.479 e. The summed E-state index contributed by atoms with van der Waals surface area (Å²) in [4.78, 5) is 28.6. The number of nitrogens with zero attached hydrogens (tertiary/aromatic N) is 3. The van der Waals surface area contributed by atoms with E-state index in [0.717, 1.165) is 10.9 Å². The van der Waals surface area contributed by atoms with Gasteiger partial charge in [-0.15, -0.1) is 0 Å². The monoisotopic (exact) mass is 569 g/mol. The molecule has 0 fully saturated rings. The highest BCUT2D eigenvalue weighted by molar-refractivity contribution is 9.10. The maximum atomic E-state index is 13.2. The molecule has 0 amide bonds. The van der Waals surface area contributed by atoms with Gasteiger partial charge in [0.2, 0.25) is 0 Å². The predicted molar refractivity (Wildman–Crippen MR) is 128 cm³/mol. The van der Waals surface area contributed by atoms with Crippen LogP contribution < -0.4 is 10.3 Å². The van der Waals surface area contributed by atoms with Gasteiger partial charge in [-0.3, -0.25) is 4.79 Å². The lowest BCUT2D eigenvalue weighted by Gasteiger charge is -2.14. The number of ether oxygens (including phenoxy) is 1. The van der Waals surface area contributed by atoms with Crippen molar-refractivity contribution in [1.82, 2.24) is 9.66 Å². The molecule has 0 saturated carbocycles. The lowest BCUT2D eigenvalue weighted by Crippen LogP contribution is -2.23. The van der Waals surface area contributed by atoms with E-state index in [1.165, 1.54) is 10.9 Å². The second kappa shape index (κ2) is 9.93. The van der Waals surface area contributed by atoms with Crippen LogP contribution >= 0.6 is 43.5 Å². The van der Waals surface area contributed by atoms with Gasteiger partial charge < -0.3 is 9.84 Å². The standard InChI is InChI=1S/C21H18Br2ClN3O4/c1-3-11(2)20-26-17-5-4-13(22)8-14(17)21(30)27(20)25-9-12-6-15(23)19(16(24)7-12)31-10-18(28)29/h4-9,11H,3,10H2,1-2H3,(H,28,29)/t11-/m1/s1. The topological polar surface area (TPSA) is 93.8 Å². The Morgan fingerprint density at radius 3 is 2.74 bits per heavy atom. The first-order chi connectivity index (χ1) is 14.7. The zero-order valence-electron chi connectivity index (χ0n) is 16.6. The number of aliphatic carboxylic acids is 1. The quantitative estimate of drug-likeness (QED) is 0.382. The Morgan fingerprint density at radius 2 is 2.10 bits per heavy atom. The van der Waals surface area contributed by atoms with Gasteiger partial charge in [-0.05, 0) is 58.2 Å². The molecular weight excluding hydrogens is 554 g/mol. The molecule has 1 aromatic heterocycles. The molecule has 1 N–H and O–H groups in total. The molecule has 7 nitrogen and oxygen atoms in total. The van der Waals surface area contributed by atoms with Crippen LogP contribution in [0.1, 0.15) is 37.6 Å². The number of benzene rings is 2. The summed E-state index contributed by atoms with van der Waals surface area (Å²) in [6, 6.07) is 8.61. The molecule has 0 saturated heterocycles. The van der Waals surface area contributed by atoms with Gasteiger partial charge in [0.15, 0.2) is 12.4 Å². The molecule has 162 valence electrons. The highest BCUT2D eigenvalue weighted by Gasteiger charge is 2.16. The normalized spacial score (nSPS) is 12.4. The third kappa shape index (κ3) is 5.34. The fourth-order valence-corrected chi connectivity index (χ4v) is 4.18. The third-order valence-corrected chi connectivity index (χ3v) is 5.93. The van der Waals surface area contributed by atoms with Crippen molar-refractivity contribution in [3.8, 4) is 5.75 Å². The first kappa shape index (κ1) is 23.4. The largest absolute Gasteiger partial charge is 0.479 e. The SMILES string of the molecule is CC[C@@H](C)c1nc2ccc(Br)cc2c(=O)n1N=Cc1cc(Cl)c(OCC(=O)O)c(Br)c1. The van der Waals surface area contributed by atoms with Gasteiger partial charge in [0, 0.05) is 10.4 Å². The average Bonchev–Trinajstić information content (AvgIpc) is 2.72. The predicted octanol–water partition coefficient (Wildman–Crippen LogP) is 5.43. The number of carboxylic acids is 1. The minimum absolute atomic E-state index is 0.0139. The molecule has 10 heteroatoms. The van der Waals surface area contributed by atoms with Crippen molar-refractivity contribution in [2.75, 3.05) is 6.61 Å². The van der Waals surface area contributed by atoms with Gasteiger partial charge in [0.1, 0.15) is 5.82 Å². The third-order valence-electron chi connectivity index (χ3n) is 4.57. The maximum Gasteiger partial charge on any atom is 0.341 e. The van der Waals surface area contributed by atoms with E-state index in [-0.39, 0.29) is 22.2 Å². The number of hydrogen-bond acceptors (Lipinski definition) is 5. The van der Waals surface area contributed by atoms with Gasteiger partial charge >= 0.3 is 5.97 Å². The van der Waals surface area contributed by atoms with Crippen LogP contribution in [0, 0.1) is 0 Å². The van der Waals surface area contributed by atoms with Crippen molar-refractivity contribution in [2.45, 2.75) is 26.2 Å². The molecular formula is C21H18Br2ClN3O4. The molecule has 0 spiro atoms. The number of rotatable bonds is 7. The van der Waals surface area contributed by atoms with Crippen molar-refractivity contribution < 1.29 is 14.6 Å². The number of hydrogen-bond donors (Lipinski definition) is 1. The average molecular weight is 572 g/mol. The van der Waals surface area contributed by atoms with Crippen LogP contribution in [0.2, 0.25) is 5.02 Å². The van der Waals surface area contributed by atoms with E-state index in [2.05, 4.69) is 41.9 Å². The number of carbonyl (C=O) groups is 1. The summed E-state index contributed by atoms with van der Waals surface area (Å²) in [6.45, 7) is 3.49. The second-order valence-corrected chi connectivity index (χ2v) is 8.98. The summed E-state index contributed by atoms with van der Waals surface area (Å²) >= 11 is 13.0. The molecule has 0 aliphatic rings. The number of halogens is 3. The highest BCUT2D eigenvalue weighted by Crippen LogP contribution is 2.34. The Hall–Kier alpha value is -2.23. The summed E-state index contributed by atoms with van der Waals surface area (Å²) in [6.07, 6.45) is 2.29. The van der Waals surface area contributed by atoms with Gasteiger partial charge in [-0.1, -0.05) is 41.4 Å². The van der Waals surface area contributed by atoms with Crippen LogP contribution in [0.3, 0.4) is 0 Å². The van der Waals surface area contributed by atoms with E-state index in [1.54, 1.807) is 24.3 Å². The van der Waals surface area contributed by atoms with Crippen molar-refractivity contribution in [2.24, 2.45) is 5.10 Å². The molecule has 2 aromatic carbocycles. The van der Waals surface area contributed by atoms with E-state index in [9.17, 15) is 9.59 Å². The Bertz CT molecular complexity index is 1220. The first-order valence-corrected chi connectivity index (χ1v) is 11.3. The lowest BCUT2D eigenvalue weighted by atomic mass is 10.1. The van der Waals surface area contributed by atoms with Crippen LogP contribution in [0.25, 0.3) is 10.9 Å². The lowest BCUT2D eigenvalue weighted by molar-refractivity contribution is -0.139. The van der Waals surface area contributed by atoms with Gasteiger partial charge in [-0.2, -0.15) is 9.78 Å². The summed E-state index contributed by atoms with van der Waals surface area (Å²) in [7, 11) is 0. The second-order valence-electron chi connectivity index (χ2n) is 6.80. The van der Waals surface area contributed by atoms with E-state index in [1.807, 2.05) is 19.9 Å². The summed E-state index contributed by atoms with van der Waals surface area (Å²) in [5.74, 6) is -0.318. The molecule has 3 aromatic rings. The van der Waals surface area contributed by atoms with Gasteiger partial charge in [-0.25, -0.2) is 9.78 Å². The Morgan fingerprint density at radius 1 is 1.35 bits per heavy atom. The van der Waals surface area contributed by atoms with Crippen molar-refractivity contribution >= 4 is 66.5 Å². The zero-order chi connectivity index (χ0) is 22.7. The Labute approximate surface area is 200 Å².